The van der Waals surface area contributed by atoms with E-state index >= 15 is 0 Å². The van der Waals surface area contributed by atoms with E-state index in [0.717, 1.165) is 48.9 Å². The van der Waals surface area contributed by atoms with Crippen LogP contribution >= 0.6 is 0 Å². The number of methoxy groups -OCH3 is 1. The van der Waals surface area contributed by atoms with E-state index in [-0.39, 0.29) is 62.2 Å². The van der Waals surface area contributed by atoms with E-state index in [1.165, 1.54) is 7.11 Å². The minimum Gasteiger partial charge on any atom is -0.493 e. The van der Waals surface area contributed by atoms with Crippen LogP contribution in [0.4, 0.5) is 0 Å². The number of ether oxygens (including phenoxy) is 2. The van der Waals surface area contributed by atoms with E-state index < -0.39 is 5.41 Å². The Bertz CT molecular complexity index is 1410. The molecule has 0 saturated heterocycles. The number of carbonyl (C=O) groups excluding carboxylic acids is 4. The minimum atomic E-state index is -0.846. The zero-order chi connectivity index (χ0) is 33.4. The predicted octanol–water partition coefficient (Wildman–Crippen LogP) is 3.16. The number of carbonyl (C=O) groups is 4. The molecule has 2 heterocycles. The molecule has 2 fully saturated rings. The quantitative estimate of drug-likeness (QED) is 0.394. The summed E-state index contributed by atoms with van der Waals surface area (Å²) >= 11 is 0. The van der Waals surface area contributed by atoms with Gasteiger partial charge in [-0.05, 0) is 82.4 Å². The molecule has 12 nitrogen and oxygen atoms in total. The normalized spacial score (nSPS) is 21.7. The Labute approximate surface area is 276 Å². The smallest absolute Gasteiger partial charge is 0.258 e. The van der Waals surface area contributed by atoms with E-state index in [1.54, 1.807) is 11.0 Å². The fraction of sp³-hybridized carbons (Fsp3) is 0.629. The SMILES string of the molecule is COc1ccc2cc1OCC(=O)NCCN(C(=O)CCc1c(C)noc1C)CCCC(=O)NCC(CC1CC1)(C(=O)NC1CCC1)C2. The summed E-state index contributed by atoms with van der Waals surface area (Å²) < 4.78 is 16.7. The van der Waals surface area contributed by atoms with E-state index in [4.69, 9.17) is 14.0 Å². The minimum absolute atomic E-state index is 0.0310. The van der Waals surface area contributed by atoms with Gasteiger partial charge in [-0.1, -0.05) is 24.1 Å². The number of rotatable bonds is 8. The van der Waals surface area contributed by atoms with Gasteiger partial charge in [0.2, 0.25) is 17.7 Å². The zero-order valence-electron chi connectivity index (χ0n) is 28.0. The maximum atomic E-state index is 14.1. The molecule has 2 bridgehead atoms. The summed E-state index contributed by atoms with van der Waals surface area (Å²) in [5.74, 6) is 1.41. The molecule has 12 heteroatoms. The van der Waals surface area contributed by atoms with Crippen molar-refractivity contribution in [2.45, 2.75) is 90.5 Å². The second kappa shape index (κ2) is 15.7. The van der Waals surface area contributed by atoms with E-state index in [2.05, 4.69) is 21.1 Å². The Balaban J connectivity index is 1.35. The summed E-state index contributed by atoms with van der Waals surface area (Å²) in [6.45, 7) is 4.55. The molecule has 0 radical (unpaired) electrons. The van der Waals surface area contributed by atoms with Gasteiger partial charge in [0.1, 0.15) is 5.76 Å². The van der Waals surface area contributed by atoms with Crippen LogP contribution < -0.4 is 25.4 Å². The fourth-order valence-corrected chi connectivity index (χ4v) is 6.48. The van der Waals surface area contributed by atoms with Crippen LogP contribution in [-0.2, 0) is 32.0 Å². The summed E-state index contributed by atoms with van der Waals surface area (Å²) in [4.78, 5) is 55.1. The molecule has 256 valence electrons. The number of nitrogens with zero attached hydrogens (tertiary/aromatic N) is 2. The second-order valence-corrected chi connectivity index (χ2v) is 13.4. The van der Waals surface area contributed by atoms with Crippen LogP contribution in [0.3, 0.4) is 0 Å². The van der Waals surface area contributed by atoms with Gasteiger partial charge in [-0.15, -0.1) is 0 Å². The Hall–Kier alpha value is -4.09. The number of aromatic nitrogens is 1. The molecule has 3 aliphatic rings. The lowest BCUT2D eigenvalue weighted by Gasteiger charge is -2.37. The lowest BCUT2D eigenvalue weighted by molar-refractivity contribution is -0.134. The molecule has 47 heavy (non-hydrogen) atoms. The summed E-state index contributed by atoms with van der Waals surface area (Å²) in [5, 5.41) is 13.2. The first kappa shape index (κ1) is 34.3. The number of aryl methyl sites for hydroxylation is 2. The Kier molecular flexibility index (Phi) is 11.4. The molecule has 1 aliphatic heterocycles. The second-order valence-electron chi connectivity index (χ2n) is 13.4. The monoisotopic (exact) mass is 651 g/mol. The number of fused-ring (bicyclic) bond motifs is 2. The van der Waals surface area contributed by atoms with E-state index in [9.17, 15) is 19.2 Å². The summed E-state index contributed by atoms with van der Waals surface area (Å²) in [6.07, 6.45) is 7.65. The van der Waals surface area contributed by atoms with Gasteiger partial charge in [-0.2, -0.15) is 0 Å². The lowest BCUT2D eigenvalue weighted by Crippen LogP contribution is -2.53. The van der Waals surface area contributed by atoms with Crippen molar-refractivity contribution in [1.29, 1.82) is 0 Å². The first-order valence-corrected chi connectivity index (χ1v) is 17.0. The van der Waals surface area contributed by atoms with Gasteiger partial charge in [0.05, 0.1) is 18.2 Å². The predicted molar refractivity (Wildman–Crippen MR) is 174 cm³/mol. The van der Waals surface area contributed by atoms with Crippen LogP contribution in [0.2, 0.25) is 0 Å². The van der Waals surface area contributed by atoms with Crippen LogP contribution in [0, 0.1) is 25.2 Å². The molecule has 2 saturated carbocycles. The number of hydrogen-bond donors (Lipinski definition) is 3. The number of nitrogens with one attached hydrogen (secondary N) is 3. The first-order chi connectivity index (χ1) is 22.7. The fourth-order valence-electron chi connectivity index (χ4n) is 6.48. The first-order valence-electron chi connectivity index (χ1n) is 17.0. The molecule has 4 amide bonds. The highest BCUT2D eigenvalue weighted by atomic mass is 16.5. The van der Waals surface area contributed by atoms with E-state index in [1.807, 2.05) is 26.0 Å². The number of benzene rings is 1. The number of hydrogen-bond acceptors (Lipinski definition) is 8. The van der Waals surface area contributed by atoms with Gasteiger partial charge in [-0.25, -0.2) is 0 Å². The Morgan fingerprint density at radius 2 is 1.89 bits per heavy atom. The lowest BCUT2D eigenvalue weighted by atomic mass is 9.75. The summed E-state index contributed by atoms with van der Waals surface area (Å²) in [6, 6.07) is 5.70. The van der Waals surface area contributed by atoms with Crippen molar-refractivity contribution >= 4 is 23.6 Å². The van der Waals surface area contributed by atoms with E-state index in [0.29, 0.717) is 61.9 Å². The molecule has 1 atom stereocenters. The van der Waals surface area contributed by atoms with Crippen LogP contribution in [0.25, 0.3) is 0 Å². The highest BCUT2D eigenvalue weighted by molar-refractivity contribution is 5.85. The average molecular weight is 652 g/mol. The molecule has 5 rings (SSSR count). The zero-order valence-corrected chi connectivity index (χ0v) is 28.0. The van der Waals surface area contributed by atoms with Gasteiger partial charge < -0.3 is 34.8 Å². The summed E-state index contributed by atoms with van der Waals surface area (Å²) in [7, 11) is 1.54. The van der Waals surface area contributed by atoms with Crippen molar-refractivity contribution in [2.75, 3.05) is 39.9 Å². The molecule has 3 N–H and O–H groups in total. The molecule has 1 aromatic carbocycles. The van der Waals surface area contributed by atoms with Crippen molar-refractivity contribution in [3.05, 3.63) is 40.8 Å². The molecule has 0 spiro atoms. The Morgan fingerprint density at radius 1 is 1.09 bits per heavy atom. The topological polar surface area (TPSA) is 152 Å². The van der Waals surface area contributed by atoms with Gasteiger partial charge in [-0.3, -0.25) is 19.2 Å². The largest absolute Gasteiger partial charge is 0.493 e. The maximum Gasteiger partial charge on any atom is 0.258 e. The molecule has 1 aromatic heterocycles. The van der Waals surface area contributed by atoms with Gasteiger partial charge in [0.25, 0.3) is 5.91 Å². The van der Waals surface area contributed by atoms with Crippen molar-refractivity contribution in [2.24, 2.45) is 11.3 Å². The highest BCUT2D eigenvalue weighted by Gasteiger charge is 2.44. The van der Waals surface area contributed by atoms with Crippen LogP contribution in [-0.4, -0.2) is 79.6 Å². The average Bonchev–Trinajstić information content (AvgIpc) is 3.79. The summed E-state index contributed by atoms with van der Waals surface area (Å²) in [5.41, 5.74) is 1.70. The highest BCUT2D eigenvalue weighted by Crippen LogP contribution is 2.43. The molecular formula is C35H49N5O7. The third-order valence-electron chi connectivity index (χ3n) is 9.71. The van der Waals surface area contributed by atoms with Gasteiger partial charge >= 0.3 is 0 Å². The van der Waals surface area contributed by atoms with Crippen LogP contribution in [0.5, 0.6) is 11.5 Å². The standard InChI is InChI=1S/C35H49N5O7/c1-23-28(24(2)47-39-23)12-14-33(43)40-16-5-8-31(41)37-22-35(19-25-9-10-25,34(44)38-27-6-4-7-27)20-26-11-13-29(45-3)30(18-26)46-21-32(42)36-15-17-40/h11,13,18,25,27H,4-10,12,14-17,19-22H2,1-3H3,(H,36,42)(H,37,41)(H,38,44). The van der Waals surface area contributed by atoms with Crippen molar-refractivity contribution in [3.63, 3.8) is 0 Å². The van der Waals surface area contributed by atoms with Crippen LogP contribution in [0.1, 0.15) is 80.4 Å². The third-order valence-corrected chi connectivity index (χ3v) is 9.71. The van der Waals surface area contributed by atoms with Gasteiger partial charge in [0, 0.05) is 50.6 Å². The number of amides is 4. The third kappa shape index (κ3) is 9.26. The maximum absolute atomic E-state index is 14.1. The molecule has 2 aromatic rings. The molecular weight excluding hydrogens is 602 g/mol. The van der Waals surface area contributed by atoms with Gasteiger partial charge in [0.15, 0.2) is 18.1 Å². The molecule has 1 unspecified atom stereocenters. The Morgan fingerprint density at radius 3 is 2.57 bits per heavy atom. The van der Waals surface area contributed by atoms with Crippen molar-refractivity contribution < 1.29 is 33.2 Å². The molecule has 2 aliphatic carbocycles. The van der Waals surface area contributed by atoms with Crippen molar-refractivity contribution in [3.8, 4) is 11.5 Å². The van der Waals surface area contributed by atoms with Crippen LogP contribution in [0.15, 0.2) is 22.7 Å². The van der Waals surface area contributed by atoms with Crippen molar-refractivity contribution in [1.82, 2.24) is 26.0 Å².